The zero-order chi connectivity index (χ0) is 19.5. The van der Waals surface area contributed by atoms with Gasteiger partial charge in [0.15, 0.2) is 0 Å². The molecule has 0 spiro atoms. The Bertz CT molecular complexity index is 809. The number of amides is 2. The van der Waals surface area contributed by atoms with E-state index in [1.807, 2.05) is 43.3 Å². The second-order valence-corrected chi connectivity index (χ2v) is 8.34. The fourth-order valence-corrected chi connectivity index (χ4v) is 4.96. The van der Waals surface area contributed by atoms with Crippen molar-refractivity contribution in [3.8, 4) is 0 Å². The first kappa shape index (κ1) is 18.9. The van der Waals surface area contributed by atoms with Crippen LogP contribution >= 0.6 is 0 Å². The number of quaternary nitrogens is 1. The van der Waals surface area contributed by atoms with Crippen molar-refractivity contribution in [2.24, 2.45) is 0 Å². The molecule has 2 amide bonds. The van der Waals surface area contributed by atoms with Crippen LogP contribution in [0.5, 0.6) is 0 Å². The van der Waals surface area contributed by atoms with Crippen LogP contribution in [0.4, 0.5) is 14.9 Å². The molecule has 2 aromatic carbocycles. The SMILES string of the molecule is Cc1cccc(NC(=O)NC2C[C@H]3CCC[C@H](C2)[NH+]3Cc2ccc(F)cc2)c1. The number of carbonyl (C=O) groups excluding carboxylic acids is 1. The Hall–Kier alpha value is -2.40. The summed E-state index contributed by atoms with van der Waals surface area (Å²) in [4.78, 5) is 14.1. The zero-order valence-electron chi connectivity index (χ0n) is 16.4. The molecule has 4 nitrogen and oxygen atoms in total. The number of benzene rings is 2. The van der Waals surface area contributed by atoms with Gasteiger partial charge < -0.3 is 15.5 Å². The molecule has 2 heterocycles. The van der Waals surface area contributed by atoms with Crippen LogP contribution in [0.25, 0.3) is 0 Å². The van der Waals surface area contributed by atoms with Crippen molar-refractivity contribution >= 4 is 11.7 Å². The van der Waals surface area contributed by atoms with E-state index in [-0.39, 0.29) is 17.9 Å². The summed E-state index contributed by atoms with van der Waals surface area (Å²) in [7, 11) is 0. The van der Waals surface area contributed by atoms with Crippen LogP contribution in [0.15, 0.2) is 48.5 Å². The van der Waals surface area contributed by atoms with E-state index >= 15 is 0 Å². The smallest absolute Gasteiger partial charge is 0.319 e. The Morgan fingerprint density at radius 3 is 2.50 bits per heavy atom. The number of halogens is 1. The second kappa shape index (κ2) is 8.31. The number of fused-ring (bicyclic) bond motifs is 2. The summed E-state index contributed by atoms with van der Waals surface area (Å²) >= 11 is 0. The maximum Gasteiger partial charge on any atom is 0.319 e. The number of hydrogen-bond donors (Lipinski definition) is 3. The molecule has 2 fully saturated rings. The number of piperidine rings is 2. The monoisotopic (exact) mass is 382 g/mol. The topological polar surface area (TPSA) is 45.6 Å². The molecule has 148 valence electrons. The number of nitrogens with one attached hydrogen (secondary N) is 3. The number of hydrogen-bond acceptors (Lipinski definition) is 1. The molecular weight excluding hydrogens is 353 g/mol. The van der Waals surface area contributed by atoms with Crippen molar-refractivity contribution < 1.29 is 14.1 Å². The van der Waals surface area contributed by atoms with Gasteiger partial charge in [-0.2, -0.15) is 0 Å². The first-order chi connectivity index (χ1) is 13.6. The quantitative estimate of drug-likeness (QED) is 0.745. The Morgan fingerprint density at radius 2 is 1.82 bits per heavy atom. The molecule has 4 rings (SSSR count). The second-order valence-electron chi connectivity index (χ2n) is 8.34. The number of aryl methyl sites for hydroxylation is 1. The third-order valence-corrected chi connectivity index (χ3v) is 6.22. The fraction of sp³-hybridized carbons (Fsp3) is 0.435. The minimum absolute atomic E-state index is 0.115. The summed E-state index contributed by atoms with van der Waals surface area (Å²) in [5.41, 5.74) is 3.15. The highest BCUT2D eigenvalue weighted by atomic mass is 19.1. The Labute approximate surface area is 166 Å². The lowest BCUT2D eigenvalue weighted by Gasteiger charge is -2.46. The van der Waals surface area contributed by atoms with E-state index in [9.17, 15) is 9.18 Å². The third-order valence-electron chi connectivity index (χ3n) is 6.22. The Kier molecular flexibility index (Phi) is 5.62. The zero-order valence-corrected chi connectivity index (χ0v) is 16.4. The molecule has 2 bridgehead atoms. The first-order valence-corrected chi connectivity index (χ1v) is 10.3. The van der Waals surface area contributed by atoms with Gasteiger partial charge >= 0.3 is 6.03 Å². The van der Waals surface area contributed by atoms with Gasteiger partial charge in [0.25, 0.3) is 0 Å². The lowest BCUT2D eigenvalue weighted by atomic mass is 9.81. The van der Waals surface area contributed by atoms with Gasteiger partial charge in [0.05, 0.1) is 12.1 Å². The minimum atomic E-state index is -0.179. The van der Waals surface area contributed by atoms with E-state index in [0.29, 0.717) is 12.1 Å². The molecule has 0 aliphatic carbocycles. The van der Waals surface area contributed by atoms with Crippen molar-refractivity contribution in [3.05, 3.63) is 65.5 Å². The first-order valence-electron chi connectivity index (χ1n) is 10.3. The molecule has 2 aliphatic rings. The van der Waals surface area contributed by atoms with Gasteiger partial charge in [0.1, 0.15) is 12.4 Å². The van der Waals surface area contributed by atoms with Gasteiger partial charge in [-0.15, -0.1) is 0 Å². The van der Waals surface area contributed by atoms with Crippen molar-refractivity contribution in [3.63, 3.8) is 0 Å². The van der Waals surface area contributed by atoms with Crippen molar-refractivity contribution in [1.82, 2.24) is 5.32 Å². The normalized spacial score (nSPS) is 26.5. The highest BCUT2D eigenvalue weighted by molar-refractivity contribution is 5.89. The average molecular weight is 383 g/mol. The fourth-order valence-electron chi connectivity index (χ4n) is 4.96. The third kappa shape index (κ3) is 4.53. The van der Waals surface area contributed by atoms with Gasteiger partial charge in [-0.1, -0.05) is 24.3 Å². The molecule has 0 radical (unpaired) electrons. The van der Waals surface area contributed by atoms with Gasteiger partial charge in [-0.25, -0.2) is 9.18 Å². The van der Waals surface area contributed by atoms with Crippen LogP contribution in [0.3, 0.4) is 0 Å². The molecule has 2 atom stereocenters. The van der Waals surface area contributed by atoms with Crippen LogP contribution in [0, 0.1) is 12.7 Å². The summed E-state index contributed by atoms with van der Waals surface area (Å²) in [5, 5.41) is 6.15. The predicted molar refractivity (Wildman–Crippen MR) is 109 cm³/mol. The van der Waals surface area contributed by atoms with E-state index in [1.54, 1.807) is 17.0 Å². The summed E-state index contributed by atoms with van der Waals surface area (Å²) in [6.07, 6.45) is 5.68. The largest absolute Gasteiger partial charge is 0.335 e. The molecular formula is C23H29FN3O+. The highest BCUT2D eigenvalue weighted by Gasteiger charge is 2.42. The number of urea groups is 1. The van der Waals surface area contributed by atoms with Gasteiger partial charge in [0, 0.05) is 30.1 Å². The highest BCUT2D eigenvalue weighted by Crippen LogP contribution is 2.23. The van der Waals surface area contributed by atoms with Crippen molar-refractivity contribution in [2.75, 3.05) is 5.32 Å². The van der Waals surface area contributed by atoms with E-state index < -0.39 is 0 Å². The standard InChI is InChI=1S/C23H28FN3O/c1-16-4-2-5-19(12-16)25-23(28)26-20-13-21-6-3-7-22(14-20)27(21)15-17-8-10-18(24)11-9-17/h2,4-5,8-12,20-22H,3,6-7,13-15H2,1H3,(H2,25,26,28)/p+1/t21-,22-/m1/s1. The van der Waals surface area contributed by atoms with Gasteiger partial charge in [-0.3, -0.25) is 0 Å². The summed E-state index contributed by atoms with van der Waals surface area (Å²) in [6, 6.07) is 16.0. The van der Waals surface area contributed by atoms with E-state index in [0.717, 1.165) is 30.6 Å². The van der Waals surface area contributed by atoms with E-state index in [4.69, 9.17) is 0 Å². The molecule has 2 aromatic rings. The van der Waals surface area contributed by atoms with Gasteiger partial charge in [0.2, 0.25) is 0 Å². The molecule has 0 unspecified atom stereocenters. The number of anilines is 1. The van der Waals surface area contributed by atoms with Crippen LogP contribution in [0.2, 0.25) is 0 Å². The molecule has 0 saturated carbocycles. The maximum atomic E-state index is 13.2. The number of carbonyl (C=O) groups is 1. The van der Waals surface area contributed by atoms with Crippen molar-refractivity contribution in [2.45, 2.75) is 63.7 Å². The molecule has 0 aromatic heterocycles. The lowest BCUT2D eigenvalue weighted by molar-refractivity contribution is -0.973. The average Bonchev–Trinajstić information content (AvgIpc) is 2.64. The molecule has 2 saturated heterocycles. The number of rotatable bonds is 4. The summed E-state index contributed by atoms with van der Waals surface area (Å²) < 4.78 is 13.2. The predicted octanol–water partition coefficient (Wildman–Crippen LogP) is 3.42. The lowest BCUT2D eigenvalue weighted by Crippen LogP contribution is -3.20. The minimum Gasteiger partial charge on any atom is -0.335 e. The Balaban J connectivity index is 1.36. The van der Waals surface area contributed by atoms with E-state index in [1.165, 1.54) is 24.8 Å². The molecule has 2 aliphatic heterocycles. The molecule has 5 heteroatoms. The Morgan fingerprint density at radius 1 is 1.11 bits per heavy atom. The maximum absolute atomic E-state index is 13.2. The van der Waals surface area contributed by atoms with Crippen molar-refractivity contribution in [1.29, 1.82) is 0 Å². The molecule has 3 N–H and O–H groups in total. The summed E-state index contributed by atoms with van der Waals surface area (Å²) in [6.45, 7) is 2.96. The van der Waals surface area contributed by atoms with E-state index in [2.05, 4.69) is 10.6 Å². The van der Waals surface area contributed by atoms with Crippen LogP contribution in [-0.2, 0) is 6.54 Å². The van der Waals surface area contributed by atoms with Crippen LogP contribution < -0.4 is 15.5 Å². The van der Waals surface area contributed by atoms with Gasteiger partial charge in [-0.05, 0) is 56.0 Å². The molecule has 28 heavy (non-hydrogen) atoms. The van der Waals surface area contributed by atoms with Crippen LogP contribution in [-0.4, -0.2) is 24.2 Å². The summed E-state index contributed by atoms with van der Waals surface area (Å²) in [5.74, 6) is -0.179. The van der Waals surface area contributed by atoms with Crippen LogP contribution in [0.1, 0.15) is 43.2 Å².